The molecule has 0 fully saturated rings. The second-order valence-electron chi connectivity index (χ2n) is 1.58. The minimum atomic E-state index is 0. The molecule has 1 rings (SSSR count). The molecule has 1 aromatic heterocycles. The van der Waals surface area contributed by atoms with Crippen LogP contribution in [-0.2, 0) is 0 Å². The molecule has 1 aromatic rings. The Morgan fingerprint density at radius 3 is 1.90 bits per heavy atom. The first-order chi connectivity index (χ1) is 4.29. The molecule has 2 N–H and O–H groups in total. The molecule has 0 aliphatic carbocycles. The molecular formula is C7H15NO2. The topological polar surface area (TPSA) is 57.5 Å². The fourth-order valence-electron chi connectivity index (χ4n) is 0.491. The van der Waals surface area contributed by atoms with Gasteiger partial charge in [-0.1, -0.05) is 19.0 Å². The molecular weight excluding hydrogens is 130 g/mol. The maximum absolute atomic E-state index is 4.71. The summed E-state index contributed by atoms with van der Waals surface area (Å²) >= 11 is 0. The van der Waals surface area contributed by atoms with Crippen LogP contribution in [0, 0.1) is 13.8 Å². The molecule has 0 spiro atoms. The molecule has 0 bridgehead atoms. The lowest BCUT2D eigenvalue weighted by Gasteiger charge is -1.65. The summed E-state index contributed by atoms with van der Waals surface area (Å²) in [6.07, 6.45) is 0. The van der Waals surface area contributed by atoms with Gasteiger partial charge in [0.15, 0.2) is 0 Å². The standard InChI is InChI=1S/C5H7NO.C2H6.H2O/c1-4-3-5(2)7-6-4;1-2;/h3H,1-2H3;1-2H3;1H2. The van der Waals surface area contributed by atoms with E-state index in [1.165, 1.54) is 0 Å². The van der Waals surface area contributed by atoms with Crippen LogP contribution in [0.3, 0.4) is 0 Å². The highest BCUT2D eigenvalue weighted by molar-refractivity contribution is 4.99. The van der Waals surface area contributed by atoms with E-state index in [4.69, 9.17) is 4.52 Å². The first-order valence-corrected chi connectivity index (χ1v) is 3.19. The Labute approximate surface area is 61.3 Å². The van der Waals surface area contributed by atoms with Crippen LogP contribution in [0.2, 0.25) is 0 Å². The summed E-state index contributed by atoms with van der Waals surface area (Å²) in [6, 6.07) is 1.89. The van der Waals surface area contributed by atoms with Gasteiger partial charge in [0.1, 0.15) is 5.76 Å². The lowest BCUT2D eigenvalue weighted by molar-refractivity contribution is 0.393. The third-order valence-corrected chi connectivity index (χ3v) is 0.746. The minimum Gasteiger partial charge on any atom is -0.412 e. The second kappa shape index (κ2) is 6.29. The van der Waals surface area contributed by atoms with Crippen LogP contribution in [0.15, 0.2) is 10.6 Å². The second-order valence-corrected chi connectivity index (χ2v) is 1.58. The van der Waals surface area contributed by atoms with Crippen molar-refractivity contribution in [3.05, 3.63) is 17.5 Å². The Morgan fingerprint density at radius 1 is 1.30 bits per heavy atom. The third-order valence-electron chi connectivity index (χ3n) is 0.746. The quantitative estimate of drug-likeness (QED) is 0.555. The molecule has 0 aliphatic rings. The average Bonchev–Trinajstić information content (AvgIpc) is 2.20. The van der Waals surface area contributed by atoms with Gasteiger partial charge in [0, 0.05) is 6.07 Å². The minimum absolute atomic E-state index is 0. The maximum Gasteiger partial charge on any atom is 0.133 e. The van der Waals surface area contributed by atoms with E-state index >= 15 is 0 Å². The van der Waals surface area contributed by atoms with Crippen LogP contribution in [0.5, 0.6) is 0 Å². The fraction of sp³-hybridized carbons (Fsp3) is 0.571. The first-order valence-electron chi connectivity index (χ1n) is 3.19. The van der Waals surface area contributed by atoms with Crippen LogP contribution >= 0.6 is 0 Å². The van der Waals surface area contributed by atoms with E-state index in [1.54, 1.807) is 0 Å². The lowest BCUT2D eigenvalue weighted by Crippen LogP contribution is -1.59. The Morgan fingerprint density at radius 2 is 1.80 bits per heavy atom. The van der Waals surface area contributed by atoms with Crippen molar-refractivity contribution in [3.63, 3.8) is 0 Å². The van der Waals surface area contributed by atoms with Crippen LogP contribution in [-0.4, -0.2) is 10.6 Å². The monoisotopic (exact) mass is 145 g/mol. The molecule has 0 saturated heterocycles. The van der Waals surface area contributed by atoms with Gasteiger partial charge in [0.05, 0.1) is 5.69 Å². The maximum atomic E-state index is 4.71. The van der Waals surface area contributed by atoms with E-state index in [1.807, 2.05) is 33.8 Å². The molecule has 0 aromatic carbocycles. The molecule has 0 amide bonds. The highest BCUT2D eigenvalue weighted by Crippen LogP contribution is 1.96. The third kappa shape index (κ3) is 4.09. The van der Waals surface area contributed by atoms with Crippen molar-refractivity contribution in [2.75, 3.05) is 0 Å². The molecule has 10 heavy (non-hydrogen) atoms. The van der Waals surface area contributed by atoms with Crippen LogP contribution in [0.25, 0.3) is 0 Å². The van der Waals surface area contributed by atoms with Crippen molar-refractivity contribution in [1.82, 2.24) is 5.16 Å². The molecule has 0 unspecified atom stereocenters. The van der Waals surface area contributed by atoms with E-state index in [-0.39, 0.29) is 5.48 Å². The smallest absolute Gasteiger partial charge is 0.133 e. The zero-order valence-electron chi connectivity index (χ0n) is 6.93. The normalized spacial score (nSPS) is 7.20. The Kier molecular flexibility index (Phi) is 7.49. The van der Waals surface area contributed by atoms with Gasteiger partial charge >= 0.3 is 0 Å². The number of hydrogen-bond acceptors (Lipinski definition) is 2. The predicted molar refractivity (Wildman–Crippen MR) is 40.9 cm³/mol. The van der Waals surface area contributed by atoms with Crippen molar-refractivity contribution < 1.29 is 10.00 Å². The van der Waals surface area contributed by atoms with Crippen LogP contribution in [0.1, 0.15) is 25.3 Å². The summed E-state index contributed by atoms with van der Waals surface area (Å²) in [7, 11) is 0. The van der Waals surface area contributed by atoms with Gasteiger partial charge in [-0.3, -0.25) is 0 Å². The molecule has 0 radical (unpaired) electrons. The molecule has 0 atom stereocenters. The van der Waals surface area contributed by atoms with Crippen LogP contribution < -0.4 is 0 Å². The molecule has 0 aliphatic heterocycles. The summed E-state index contributed by atoms with van der Waals surface area (Å²) in [5.74, 6) is 0.873. The summed E-state index contributed by atoms with van der Waals surface area (Å²) in [5.41, 5.74) is 0.942. The van der Waals surface area contributed by atoms with Gasteiger partial charge in [-0.25, -0.2) is 0 Å². The number of hydrogen-bond donors (Lipinski definition) is 0. The van der Waals surface area contributed by atoms with Gasteiger partial charge in [0.2, 0.25) is 0 Å². The first kappa shape index (κ1) is 11.9. The lowest BCUT2D eigenvalue weighted by atomic mass is 10.4. The Bertz CT molecular complexity index is 144. The van der Waals surface area contributed by atoms with Crippen molar-refractivity contribution in [1.29, 1.82) is 0 Å². The van der Waals surface area contributed by atoms with Gasteiger partial charge in [-0.05, 0) is 13.8 Å². The Balaban J connectivity index is 0. The molecule has 3 heteroatoms. The Hall–Kier alpha value is -0.830. The van der Waals surface area contributed by atoms with E-state index < -0.39 is 0 Å². The van der Waals surface area contributed by atoms with E-state index in [2.05, 4.69) is 5.16 Å². The average molecular weight is 145 g/mol. The van der Waals surface area contributed by atoms with Crippen LogP contribution in [0.4, 0.5) is 0 Å². The summed E-state index contributed by atoms with van der Waals surface area (Å²) in [4.78, 5) is 0. The largest absolute Gasteiger partial charge is 0.412 e. The van der Waals surface area contributed by atoms with Gasteiger partial charge in [-0.2, -0.15) is 0 Å². The number of rotatable bonds is 0. The van der Waals surface area contributed by atoms with Crippen molar-refractivity contribution >= 4 is 0 Å². The molecule has 0 saturated carbocycles. The number of aryl methyl sites for hydroxylation is 2. The van der Waals surface area contributed by atoms with Crippen molar-refractivity contribution in [2.24, 2.45) is 0 Å². The summed E-state index contributed by atoms with van der Waals surface area (Å²) < 4.78 is 4.71. The van der Waals surface area contributed by atoms with Gasteiger partial charge in [-0.15, -0.1) is 0 Å². The molecule has 3 nitrogen and oxygen atoms in total. The van der Waals surface area contributed by atoms with Gasteiger partial charge in [0.25, 0.3) is 0 Å². The molecule has 60 valence electrons. The van der Waals surface area contributed by atoms with Gasteiger partial charge < -0.3 is 10.00 Å². The van der Waals surface area contributed by atoms with E-state index in [0.717, 1.165) is 11.5 Å². The van der Waals surface area contributed by atoms with Crippen molar-refractivity contribution in [2.45, 2.75) is 27.7 Å². The predicted octanol–water partition coefficient (Wildman–Crippen LogP) is 1.49. The zero-order valence-corrected chi connectivity index (χ0v) is 6.93. The molecule has 1 heterocycles. The highest BCUT2D eigenvalue weighted by atomic mass is 16.5. The fourth-order valence-corrected chi connectivity index (χ4v) is 0.491. The SMILES string of the molecule is CC.Cc1cc(C)on1.O. The summed E-state index contributed by atoms with van der Waals surface area (Å²) in [6.45, 7) is 7.77. The van der Waals surface area contributed by atoms with Crippen molar-refractivity contribution in [3.8, 4) is 0 Å². The highest BCUT2D eigenvalue weighted by Gasteiger charge is 1.88. The zero-order chi connectivity index (χ0) is 7.28. The number of aromatic nitrogens is 1. The summed E-state index contributed by atoms with van der Waals surface area (Å²) in [5, 5.41) is 3.64. The van der Waals surface area contributed by atoms with E-state index in [0.29, 0.717) is 0 Å². The van der Waals surface area contributed by atoms with E-state index in [9.17, 15) is 0 Å². The number of nitrogens with zero attached hydrogens (tertiary/aromatic N) is 1.